The highest BCUT2D eigenvalue weighted by Gasteiger charge is 2.30. The number of aromatic nitrogens is 2. The van der Waals surface area contributed by atoms with Gasteiger partial charge in [-0.1, -0.05) is 6.07 Å². The van der Waals surface area contributed by atoms with Crippen molar-refractivity contribution >= 4 is 24.0 Å². The fourth-order valence-electron chi connectivity index (χ4n) is 2.63. The highest BCUT2D eigenvalue weighted by Crippen LogP contribution is 2.31. The Kier molecular flexibility index (Phi) is 5.24. The molecule has 2 amide bonds. The molecule has 1 aliphatic rings. The number of nitrogens with one attached hydrogen (secondary N) is 1. The number of carbonyl (C=O) groups excluding carboxylic acids is 2. The molecule has 1 aromatic heterocycles. The summed E-state index contributed by atoms with van der Waals surface area (Å²) in [6.07, 6.45) is -2.36. The Labute approximate surface area is 152 Å². The van der Waals surface area contributed by atoms with E-state index in [4.69, 9.17) is 0 Å². The van der Waals surface area contributed by atoms with Gasteiger partial charge >= 0.3 is 6.18 Å². The lowest BCUT2D eigenvalue weighted by atomic mass is 10.2. The summed E-state index contributed by atoms with van der Waals surface area (Å²) in [4.78, 5) is 34.5. The molecule has 0 spiro atoms. The summed E-state index contributed by atoms with van der Waals surface area (Å²) in [5.41, 5.74) is -0.513. The van der Waals surface area contributed by atoms with E-state index in [1.54, 1.807) is 9.80 Å². The Morgan fingerprint density at radius 1 is 1.15 bits per heavy atom. The Balaban J connectivity index is 1.72. The van der Waals surface area contributed by atoms with Crippen molar-refractivity contribution in [3.63, 3.8) is 0 Å². The van der Waals surface area contributed by atoms with Crippen molar-refractivity contribution in [2.75, 3.05) is 31.5 Å². The maximum atomic E-state index is 12.8. The molecule has 2 heterocycles. The van der Waals surface area contributed by atoms with E-state index in [0.717, 1.165) is 18.5 Å². The number of hydrogen-bond donors (Lipinski definition) is 1. The van der Waals surface area contributed by atoms with E-state index in [0.29, 0.717) is 26.2 Å². The molecule has 0 atom stereocenters. The van der Waals surface area contributed by atoms with Crippen LogP contribution >= 0.6 is 0 Å². The van der Waals surface area contributed by atoms with Crippen LogP contribution in [-0.2, 0) is 11.0 Å². The molecule has 1 N–H and O–H groups in total. The van der Waals surface area contributed by atoms with Gasteiger partial charge in [0.05, 0.1) is 5.56 Å². The van der Waals surface area contributed by atoms with Gasteiger partial charge in [0.25, 0.3) is 5.91 Å². The number of carbonyl (C=O) groups is 2. The molecule has 27 heavy (non-hydrogen) atoms. The summed E-state index contributed by atoms with van der Waals surface area (Å²) in [5, 5.41) is 2.68. The van der Waals surface area contributed by atoms with Gasteiger partial charge in [-0.25, -0.2) is 9.97 Å². The zero-order chi connectivity index (χ0) is 19.4. The van der Waals surface area contributed by atoms with Gasteiger partial charge in [-0.15, -0.1) is 0 Å². The topological polar surface area (TPSA) is 78.4 Å². The molecule has 0 bridgehead atoms. The predicted molar refractivity (Wildman–Crippen MR) is 90.3 cm³/mol. The van der Waals surface area contributed by atoms with E-state index < -0.39 is 11.7 Å². The molecule has 0 aliphatic carbocycles. The van der Waals surface area contributed by atoms with Gasteiger partial charge in [0.15, 0.2) is 0 Å². The van der Waals surface area contributed by atoms with E-state index in [9.17, 15) is 22.8 Å². The fraction of sp³-hybridized carbons (Fsp3) is 0.294. The molecule has 0 unspecified atom stereocenters. The van der Waals surface area contributed by atoms with Crippen molar-refractivity contribution in [1.82, 2.24) is 19.8 Å². The Hall–Kier alpha value is -3.17. The van der Waals surface area contributed by atoms with Crippen molar-refractivity contribution in [3.05, 3.63) is 47.8 Å². The number of halogens is 3. The number of hydrogen-bond acceptors (Lipinski definition) is 5. The van der Waals surface area contributed by atoms with Crippen LogP contribution in [0.4, 0.5) is 24.8 Å². The molecule has 3 rings (SSSR count). The standard InChI is InChI=1S/C17H16F3N5O2/c18-17(19,20)12-2-1-3-13(10-12)22-16-21-5-4-14(23-16)15(27)25-8-6-24(11-26)7-9-25/h1-5,10-11H,6-9H2,(H,21,22,23). The van der Waals surface area contributed by atoms with Crippen LogP contribution in [0.3, 0.4) is 0 Å². The third-order valence-electron chi connectivity index (χ3n) is 4.07. The van der Waals surface area contributed by atoms with Gasteiger partial charge < -0.3 is 15.1 Å². The molecule has 0 saturated carbocycles. The van der Waals surface area contributed by atoms with Crippen LogP contribution in [0.5, 0.6) is 0 Å². The van der Waals surface area contributed by atoms with Gasteiger partial charge in [0.1, 0.15) is 5.69 Å². The summed E-state index contributed by atoms with van der Waals surface area (Å²) >= 11 is 0. The van der Waals surface area contributed by atoms with Gasteiger partial charge in [-0.3, -0.25) is 9.59 Å². The molecule has 1 aromatic carbocycles. The monoisotopic (exact) mass is 379 g/mol. The number of piperazine rings is 1. The van der Waals surface area contributed by atoms with Crippen LogP contribution < -0.4 is 5.32 Å². The third kappa shape index (κ3) is 4.52. The SMILES string of the molecule is O=CN1CCN(C(=O)c2ccnc(Nc3cccc(C(F)(F)F)c3)n2)CC1. The minimum Gasteiger partial charge on any atom is -0.342 e. The number of benzene rings is 1. The molecule has 2 aromatic rings. The summed E-state index contributed by atoms with van der Waals surface area (Å²) in [6, 6.07) is 6.06. The summed E-state index contributed by atoms with van der Waals surface area (Å²) in [7, 11) is 0. The minimum absolute atomic E-state index is 0.0201. The smallest absolute Gasteiger partial charge is 0.342 e. The highest BCUT2D eigenvalue weighted by atomic mass is 19.4. The molecule has 142 valence electrons. The Bertz CT molecular complexity index is 835. The van der Waals surface area contributed by atoms with E-state index in [1.165, 1.54) is 24.4 Å². The second-order valence-corrected chi connectivity index (χ2v) is 5.90. The van der Waals surface area contributed by atoms with Gasteiger partial charge in [-0.2, -0.15) is 13.2 Å². The van der Waals surface area contributed by atoms with Gasteiger partial charge in [-0.05, 0) is 24.3 Å². The van der Waals surface area contributed by atoms with Crippen LogP contribution in [-0.4, -0.2) is 58.3 Å². The van der Waals surface area contributed by atoms with E-state index in [2.05, 4.69) is 15.3 Å². The minimum atomic E-state index is -4.46. The average Bonchev–Trinajstić information content (AvgIpc) is 2.67. The highest BCUT2D eigenvalue weighted by molar-refractivity contribution is 5.92. The van der Waals surface area contributed by atoms with E-state index in [-0.39, 0.29) is 23.2 Å². The molecular weight excluding hydrogens is 363 g/mol. The number of alkyl halides is 3. The molecule has 1 saturated heterocycles. The summed E-state index contributed by atoms with van der Waals surface area (Å²) in [5.74, 6) is -0.304. The fourth-order valence-corrected chi connectivity index (χ4v) is 2.63. The lowest BCUT2D eigenvalue weighted by Crippen LogP contribution is -2.48. The van der Waals surface area contributed by atoms with Crippen molar-refractivity contribution in [2.24, 2.45) is 0 Å². The third-order valence-corrected chi connectivity index (χ3v) is 4.07. The Morgan fingerprint density at radius 3 is 2.56 bits per heavy atom. The number of rotatable bonds is 4. The first-order chi connectivity index (χ1) is 12.9. The molecule has 7 nitrogen and oxygen atoms in total. The number of amides is 2. The van der Waals surface area contributed by atoms with Crippen LogP contribution in [0.25, 0.3) is 0 Å². The van der Waals surface area contributed by atoms with Crippen LogP contribution in [0.2, 0.25) is 0 Å². The zero-order valence-corrected chi connectivity index (χ0v) is 14.1. The second-order valence-electron chi connectivity index (χ2n) is 5.90. The molecular formula is C17H16F3N5O2. The lowest BCUT2D eigenvalue weighted by Gasteiger charge is -2.32. The van der Waals surface area contributed by atoms with Crippen LogP contribution in [0.1, 0.15) is 16.1 Å². The number of anilines is 2. The zero-order valence-electron chi connectivity index (χ0n) is 14.1. The van der Waals surface area contributed by atoms with E-state index in [1.807, 2.05) is 0 Å². The van der Waals surface area contributed by atoms with E-state index >= 15 is 0 Å². The van der Waals surface area contributed by atoms with Gasteiger partial charge in [0.2, 0.25) is 12.4 Å². The second kappa shape index (κ2) is 7.60. The van der Waals surface area contributed by atoms with Gasteiger partial charge in [0, 0.05) is 38.1 Å². The van der Waals surface area contributed by atoms with Crippen molar-refractivity contribution in [3.8, 4) is 0 Å². The number of nitrogens with zero attached hydrogens (tertiary/aromatic N) is 4. The van der Waals surface area contributed by atoms with Crippen LogP contribution in [0, 0.1) is 0 Å². The largest absolute Gasteiger partial charge is 0.416 e. The first-order valence-electron chi connectivity index (χ1n) is 8.13. The molecule has 0 radical (unpaired) electrons. The maximum absolute atomic E-state index is 12.8. The molecule has 1 fully saturated rings. The Morgan fingerprint density at radius 2 is 1.89 bits per heavy atom. The van der Waals surface area contributed by atoms with Crippen molar-refractivity contribution < 1.29 is 22.8 Å². The normalized spacial score (nSPS) is 14.8. The summed E-state index contributed by atoms with van der Waals surface area (Å²) < 4.78 is 38.4. The quantitative estimate of drug-likeness (QED) is 0.824. The van der Waals surface area contributed by atoms with Crippen molar-refractivity contribution in [2.45, 2.75) is 6.18 Å². The van der Waals surface area contributed by atoms with Crippen molar-refractivity contribution in [1.29, 1.82) is 0 Å². The predicted octanol–water partition coefficient (Wildman–Crippen LogP) is 2.15. The van der Waals surface area contributed by atoms with Crippen LogP contribution in [0.15, 0.2) is 36.5 Å². The first-order valence-corrected chi connectivity index (χ1v) is 8.13. The lowest BCUT2D eigenvalue weighted by molar-refractivity contribution is -0.137. The first kappa shape index (κ1) is 18.6. The molecule has 10 heteroatoms. The summed E-state index contributed by atoms with van der Waals surface area (Å²) in [6.45, 7) is 1.65. The average molecular weight is 379 g/mol. The molecule has 1 aliphatic heterocycles. The maximum Gasteiger partial charge on any atom is 0.416 e.